The standard InChI is InChI=1S/C15H15ClN2O2S/c16-13-3-7-15(8-4-13)21(19,20)18(14-5-6-14)11-12-2-1-9-17-10-12/h1-4,7-10,14H,5-6,11H2. The lowest BCUT2D eigenvalue weighted by atomic mass is 10.3. The summed E-state index contributed by atoms with van der Waals surface area (Å²) in [6.07, 6.45) is 5.20. The van der Waals surface area contributed by atoms with Gasteiger partial charge in [-0.25, -0.2) is 8.42 Å². The number of nitrogens with zero attached hydrogens (tertiary/aromatic N) is 2. The topological polar surface area (TPSA) is 50.3 Å². The van der Waals surface area contributed by atoms with Gasteiger partial charge in [-0.05, 0) is 48.7 Å². The Kier molecular flexibility index (Phi) is 3.97. The van der Waals surface area contributed by atoms with Crippen molar-refractivity contribution >= 4 is 21.6 Å². The third-order valence-electron chi connectivity index (χ3n) is 3.44. The van der Waals surface area contributed by atoms with E-state index < -0.39 is 10.0 Å². The first-order chi connectivity index (χ1) is 10.1. The molecule has 3 rings (SSSR count). The Morgan fingerprint density at radius 3 is 2.48 bits per heavy atom. The Balaban J connectivity index is 1.91. The van der Waals surface area contributed by atoms with E-state index in [0.29, 0.717) is 11.6 Å². The fourth-order valence-electron chi connectivity index (χ4n) is 2.19. The number of aromatic nitrogens is 1. The molecule has 0 N–H and O–H groups in total. The molecule has 1 aliphatic carbocycles. The lowest BCUT2D eigenvalue weighted by molar-refractivity contribution is 0.398. The van der Waals surface area contributed by atoms with Crippen molar-refractivity contribution in [1.82, 2.24) is 9.29 Å². The molecule has 0 spiro atoms. The van der Waals surface area contributed by atoms with Crippen molar-refractivity contribution in [3.05, 3.63) is 59.4 Å². The summed E-state index contributed by atoms with van der Waals surface area (Å²) >= 11 is 5.83. The summed E-state index contributed by atoms with van der Waals surface area (Å²) in [5.41, 5.74) is 0.891. The Morgan fingerprint density at radius 1 is 1.19 bits per heavy atom. The van der Waals surface area contributed by atoms with Crippen LogP contribution < -0.4 is 0 Å². The van der Waals surface area contributed by atoms with Crippen LogP contribution in [0.4, 0.5) is 0 Å². The molecule has 1 fully saturated rings. The van der Waals surface area contributed by atoms with Crippen LogP contribution in [0.15, 0.2) is 53.7 Å². The number of rotatable bonds is 5. The van der Waals surface area contributed by atoms with Gasteiger partial charge in [-0.15, -0.1) is 0 Å². The van der Waals surface area contributed by atoms with Crippen molar-refractivity contribution in [2.24, 2.45) is 0 Å². The van der Waals surface area contributed by atoms with Crippen molar-refractivity contribution in [2.75, 3.05) is 0 Å². The minimum absolute atomic E-state index is 0.0888. The molecular weight excluding hydrogens is 308 g/mol. The predicted octanol–water partition coefficient (Wildman–Crippen LogP) is 3.09. The highest BCUT2D eigenvalue weighted by Gasteiger charge is 2.38. The number of hydrogen-bond donors (Lipinski definition) is 0. The fourth-order valence-corrected chi connectivity index (χ4v) is 3.99. The van der Waals surface area contributed by atoms with E-state index in [1.807, 2.05) is 12.1 Å². The Hall–Kier alpha value is -1.43. The van der Waals surface area contributed by atoms with Crippen molar-refractivity contribution in [2.45, 2.75) is 30.3 Å². The van der Waals surface area contributed by atoms with Gasteiger partial charge in [0, 0.05) is 30.0 Å². The van der Waals surface area contributed by atoms with E-state index in [4.69, 9.17) is 11.6 Å². The monoisotopic (exact) mass is 322 g/mol. The molecule has 21 heavy (non-hydrogen) atoms. The van der Waals surface area contributed by atoms with Gasteiger partial charge >= 0.3 is 0 Å². The quantitative estimate of drug-likeness (QED) is 0.850. The summed E-state index contributed by atoms with van der Waals surface area (Å²) in [5, 5.41) is 0.527. The summed E-state index contributed by atoms with van der Waals surface area (Å²) in [4.78, 5) is 4.33. The van der Waals surface area contributed by atoms with Crippen molar-refractivity contribution in [3.63, 3.8) is 0 Å². The SMILES string of the molecule is O=S(=O)(c1ccc(Cl)cc1)N(Cc1cccnc1)C1CC1. The van der Waals surface area contributed by atoms with E-state index in [1.54, 1.807) is 41.0 Å². The first-order valence-corrected chi connectivity index (χ1v) is 8.55. The van der Waals surface area contributed by atoms with Gasteiger partial charge in [0.25, 0.3) is 0 Å². The summed E-state index contributed by atoms with van der Waals surface area (Å²) in [6.45, 7) is 0.351. The molecule has 0 unspecified atom stereocenters. The van der Waals surface area contributed by atoms with Gasteiger partial charge in [-0.2, -0.15) is 4.31 Å². The maximum absolute atomic E-state index is 12.8. The zero-order valence-electron chi connectivity index (χ0n) is 11.3. The van der Waals surface area contributed by atoms with Crippen LogP contribution in [-0.4, -0.2) is 23.7 Å². The Morgan fingerprint density at radius 2 is 1.90 bits per heavy atom. The van der Waals surface area contributed by atoms with Gasteiger partial charge in [0.2, 0.25) is 10.0 Å². The van der Waals surface area contributed by atoms with Gasteiger partial charge in [-0.1, -0.05) is 17.7 Å². The molecular formula is C15H15ClN2O2S. The molecule has 110 valence electrons. The zero-order chi connectivity index (χ0) is 14.9. The lowest BCUT2D eigenvalue weighted by Gasteiger charge is -2.22. The molecule has 1 aliphatic rings. The average molecular weight is 323 g/mol. The van der Waals surface area contributed by atoms with Crippen LogP contribution in [-0.2, 0) is 16.6 Å². The largest absolute Gasteiger partial charge is 0.264 e. The Bertz CT molecular complexity index is 713. The second kappa shape index (κ2) is 5.75. The highest BCUT2D eigenvalue weighted by atomic mass is 35.5. The molecule has 0 atom stereocenters. The van der Waals surface area contributed by atoms with Crippen molar-refractivity contribution < 1.29 is 8.42 Å². The summed E-state index contributed by atoms with van der Waals surface area (Å²) in [7, 11) is -3.51. The zero-order valence-corrected chi connectivity index (χ0v) is 12.9. The minimum atomic E-state index is -3.51. The molecule has 1 saturated carbocycles. The highest BCUT2D eigenvalue weighted by Crippen LogP contribution is 2.33. The molecule has 4 nitrogen and oxygen atoms in total. The fraction of sp³-hybridized carbons (Fsp3) is 0.267. The van der Waals surface area contributed by atoms with Crippen LogP contribution in [0.1, 0.15) is 18.4 Å². The molecule has 6 heteroatoms. The first kappa shape index (κ1) is 14.5. The van der Waals surface area contributed by atoms with E-state index in [1.165, 1.54) is 0 Å². The minimum Gasteiger partial charge on any atom is -0.264 e. The van der Waals surface area contributed by atoms with Gasteiger partial charge in [0.1, 0.15) is 0 Å². The molecule has 0 bridgehead atoms. The van der Waals surface area contributed by atoms with E-state index in [0.717, 1.165) is 18.4 Å². The molecule has 1 aromatic heterocycles. The first-order valence-electron chi connectivity index (χ1n) is 6.74. The number of halogens is 1. The number of sulfonamides is 1. The summed E-state index contributed by atoms with van der Waals surface area (Å²) in [6, 6.07) is 10.1. The predicted molar refractivity (Wildman–Crippen MR) is 81.4 cm³/mol. The van der Waals surface area contributed by atoms with Crippen molar-refractivity contribution in [3.8, 4) is 0 Å². The number of hydrogen-bond acceptors (Lipinski definition) is 3. The van der Waals surface area contributed by atoms with Crippen LogP contribution in [0.2, 0.25) is 5.02 Å². The number of benzene rings is 1. The van der Waals surface area contributed by atoms with Gasteiger partial charge in [-0.3, -0.25) is 4.98 Å². The highest BCUT2D eigenvalue weighted by molar-refractivity contribution is 7.89. The van der Waals surface area contributed by atoms with E-state index >= 15 is 0 Å². The van der Waals surface area contributed by atoms with Crippen LogP contribution in [0.25, 0.3) is 0 Å². The number of pyridine rings is 1. The third-order valence-corrected chi connectivity index (χ3v) is 5.60. The van der Waals surface area contributed by atoms with Crippen molar-refractivity contribution in [1.29, 1.82) is 0 Å². The molecule has 0 radical (unpaired) electrons. The van der Waals surface area contributed by atoms with Gasteiger partial charge in [0.15, 0.2) is 0 Å². The van der Waals surface area contributed by atoms with Crippen LogP contribution >= 0.6 is 11.6 Å². The molecule has 0 amide bonds. The Labute approximate surface area is 129 Å². The molecule has 1 heterocycles. The maximum Gasteiger partial charge on any atom is 0.243 e. The van der Waals surface area contributed by atoms with Crippen LogP contribution in [0, 0.1) is 0 Å². The smallest absolute Gasteiger partial charge is 0.243 e. The summed E-state index contributed by atoms with van der Waals surface area (Å²) < 4.78 is 27.1. The second-order valence-electron chi connectivity index (χ2n) is 5.10. The second-order valence-corrected chi connectivity index (χ2v) is 7.42. The normalized spacial score (nSPS) is 15.3. The van der Waals surface area contributed by atoms with Crippen LogP contribution in [0.5, 0.6) is 0 Å². The van der Waals surface area contributed by atoms with E-state index in [-0.39, 0.29) is 10.9 Å². The molecule has 1 aromatic carbocycles. The van der Waals surface area contributed by atoms with E-state index in [2.05, 4.69) is 4.98 Å². The summed E-state index contributed by atoms with van der Waals surface area (Å²) in [5.74, 6) is 0. The molecule has 0 aliphatic heterocycles. The lowest BCUT2D eigenvalue weighted by Crippen LogP contribution is -2.32. The van der Waals surface area contributed by atoms with Gasteiger partial charge < -0.3 is 0 Å². The average Bonchev–Trinajstić information content (AvgIpc) is 3.31. The third kappa shape index (κ3) is 3.26. The van der Waals surface area contributed by atoms with E-state index in [9.17, 15) is 8.42 Å². The maximum atomic E-state index is 12.8. The molecule has 2 aromatic rings. The van der Waals surface area contributed by atoms with Crippen LogP contribution in [0.3, 0.4) is 0 Å². The van der Waals surface area contributed by atoms with Gasteiger partial charge in [0.05, 0.1) is 4.90 Å². The molecule has 0 saturated heterocycles.